The Kier molecular flexibility index (Phi) is 204. The van der Waals surface area contributed by atoms with E-state index >= 15 is 0 Å². The van der Waals surface area contributed by atoms with Gasteiger partial charge >= 0.3 is 11.9 Å². The lowest BCUT2D eigenvalue weighted by Crippen LogP contribution is -2.41. The van der Waals surface area contributed by atoms with Crippen LogP contribution < -0.4 is 11.1 Å². The Balaban J connectivity index is -0.0000000584. The smallest absolute Gasteiger partial charge is 0.326 e. The van der Waals surface area contributed by atoms with Gasteiger partial charge in [-0.15, -0.1) is 0 Å². The Hall–Kier alpha value is -2.29. The first kappa shape index (κ1) is 82.3. The fourth-order valence-electron chi connectivity index (χ4n) is 3.37. The molecule has 0 aromatic carbocycles. The highest BCUT2D eigenvalue weighted by Crippen LogP contribution is 2.13. The summed E-state index contributed by atoms with van der Waals surface area (Å²) in [5, 5.41) is 20.1. The minimum Gasteiger partial charge on any atom is -0.481 e. The Morgan fingerprint density at radius 3 is 0.863 bits per heavy atom. The lowest BCUT2D eigenvalue weighted by atomic mass is 10.0. The first-order valence-corrected chi connectivity index (χ1v) is 21.0. The predicted octanol–water partition coefficient (Wildman–Crippen LogP) is 13.1. The van der Waals surface area contributed by atoms with Crippen LogP contribution in [-0.4, -0.2) is 54.2 Å². The number of carbonyl (C=O) groups is 5. The second-order valence-electron chi connectivity index (χ2n) is 7.88. The van der Waals surface area contributed by atoms with E-state index in [2.05, 4.69) is 5.32 Å². The summed E-state index contributed by atoms with van der Waals surface area (Å²) < 4.78 is 0. The first-order chi connectivity index (χ1) is 25.0. The average Bonchev–Trinajstić information content (AvgIpc) is 3.22. The second-order valence-corrected chi connectivity index (χ2v) is 7.88. The summed E-state index contributed by atoms with van der Waals surface area (Å²) in [6, 6.07) is -0.871. The summed E-state index contributed by atoms with van der Waals surface area (Å²) in [6.07, 6.45) is 16.8. The van der Waals surface area contributed by atoms with Crippen LogP contribution in [0.15, 0.2) is 0 Å². The van der Waals surface area contributed by atoms with E-state index in [-0.39, 0.29) is 18.9 Å². The maximum atomic E-state index is 11.8. The van der Waals surface area contributed by atoms with E-state index < -0.39 is 18.0 Å². The average molecular weight is 745 g/mol. The van der Waals surface area contributed by atoms with Crippen molar-refractivity contribution in [2.75, 3.05) is 6.54 Å². The lowest BCUT2D eigenvalue weighted by molar-refractivity contribution is -0.142. The normalized spacial score (nSPS) is 7.98. The third kappa shape index (κ3) is 130. The van der Waals surface area contributed by atoms with Gasteiger partial charge in [-0.25, -0.2) is 4.79 Å². The van der Waals surface area contributed by atoms with Crippen molar-refractivity contribution < 1.29 is 34.2 Å². The number of carbonyl (C=O) groups excluding carboxylic acids is 3. The van der Waals surface area contributed by atoms with E-state index in [0.717, 1.165) is 38.5 Å². The molecule has 1 atom stereocenters. The van der Waals surface area contributed by atoms with Gasteiger partial charge in [0.25, 0.3) is 0 Å². The van der Waals surface area contributed by atoms with Crippen molar-refractivity contribution in [2.24, 2.45) is 5.73 Å². The van der Waals surface area contributed by atoms with Gasteiger partial charge in [0.05, 0.1) is 0 Å². The van der Waals surface area contributed by atoms with Crippen molar-refractivity contribution >= 4 is 31.4 Å². The molecular weight excluding hydrogens is 644 g/mol. The Morgan fingerprint density at radius 1 is 0.451 bits per heavy atom. The highest BCUT2D eigenvalue weighted by Gasteiger charge is 2.18. The van der Waals surface area contributed by atoms with Crippen molar-refractivity contribution in [1.29, 1.82) is 0 Å². The number of nitrogens with two attached hydrogens (primary N) is 1. The molecule has 0 aromatic rings. The molecule has 51 heavy (non-hydrogen) atoms. The number of unbranched alkanes of at least 4 members (excludes halogenated alkanes) is 13. The zero-order valence-corrected chi connectivity index (χ0v) is 38.2. The van der Waals surface area contributed by atoms with Crippen molar-refractivity contribution in [3.05, 3.63) is 0 Å². The maximum Gasteiger partial charge on any atom is 0.326 e. The Labute approximate surface area is 322 Å². The molecule has 9 heteroatoms. The maximum absolute atomic E-state index is 11.8. The molecule has 0 aliphatic rings. The highest BCUT2D eigenvalue weighted by atomic mass is 16.4. The summed E-state index contributed by atoms with van der Waals surface area (Å²) in [4.78, 5) is 49.1. The molecule has 5 N–H and O–H groups in total. The molecule has 0 heterocycles. The molecule has 0 bridgehead atoms. The molecule has 320 valence electrons. The standard InChI is InChI=1S/C22H42N2O5.9C2H6.2CH2O/c23-18-17-19(22(28)29)24-20(25)15-13-11-9-7-5-3-1-2-4-6-8-10-12-14-16-21(26)27;11*1-2/h19H,1-18,23H2,(H,24,25)(H,26,27)(H,28,29);9*1-2H3;2*1H2/t19-;;;;;;;;;;;/m0.........../s1. The minimum atomic E-state index is -1.03. The summed E-state index contributed by atoms with van der Waals surface area (Å²) in [5.74, 6) is -1.92. The van der Waals surface area contributed by atoms with E-state index in [0.29, 0.717) is 12.8 Å². The van der Waals surface area contributed by atoms with Crippen LogP contribution in [0.25, 0.3) is 0 Å². The number of hydrogen-bond donors (Lipinski definition) is 4. The molecule has 0 saturated heterocycles. The summed E-state index contributed by atoms with van der Waals surface area (Å²) in [7, 11) is 0. The van der Waals surface area contributed by atoms with Gasteiger partial charge in [-0.05, 0) is 25.8 Å². The van der Waals surface area contributed by atoms with E-state index in [9.17, 15) is 14.4 Å². The molecular formula is C42H100N2O7. The SMILES string of the molecule is C=O.C=O.CC.CC.CC.CC.CC.CC.CC.CC.CC.NCC[C@H](NC(=O)CCCCCCCCCCCCCCCCC(=O)O)C(=O)O. The molecule has 1 amide bonds. The van der Waals surface area contributed by atoms with Crippen molar-refractivity contribution in [2.45, 2.75) is 240 Å². The van der Waals surface area contributed by atoms with Crippen LogP contribution in [0.1, 0.15) is 234 Å². The molecule has 0 aliphatic heterocycles. The van der Waals surface area contributed by atoms with Gasteiger partial charge in [0.15, 0.2) is 0 Å². The summed E-state index contributed by atoms with van der Waals surface area (Å²) >= 11 is 0. The lowest BCUT2D eigenvalue weighted by Gasteiger charge is -2.13. The van der Waals surface area contributed by atoms with Crippen LogP contribution in [0.5, 0.6) is 0 Å². The van der Waals surface area contributed by atoms with E-state index in [1.54, 1.807) is 0 Å². The van der Waals surface area contributed by atoms with Gasteiger partial charge in [-0.2, -0.15) is 0 Å². The second kappa shape index (κ2) is 126. The van der Waals surface area contributed by atoms with E-state index in [4.69, 9.17) is 25.5 Å². The number of amides is 1. The van der Waals surface area contributed by atoms with E-state index in [1.165, 1.54) is 51.4 Å². The molecule has 9 nitrogen and oxygen atoms in total. The number of hydrogen-bond acceptors (Lipinski definition) is 6. The molecule has 0 rings (SSSR count). The largest absolute Gasteiger partial charge is 0.481 e. The van der Waals surface area contributed by atoms with Gasteiger partial charge in [0.1, 0.15) is 19.6 Å². The number of carboxylic acids is 2. The number of rotatable bonds is 21. The summed E-state index contributed by atoms with van der Waals surface area (Å²) in [5.41, 5.74) is 5.36. The van der Waals surface area contributed by atoms with Crippen molar-refractivity contribution in [3.8, 4) is 0 Å². The van der Waals surface area contributed by atoms with Crippen LogP contribution >= 0.6 is 0 Å². The topological polar surface area (TPSA) is 164 Å². The van der Waals surface area contributed by atoms with Crippen molar-refractivity contribution in [3.63, 3.8) is 0 Å². The predicted molar refractivity (Wildman–Crippen MR) is 231 cm³/mol. The molecule has 0 saturated carbocycles. The first-order valence-electron chi connectivity index (χ1n) is 21.0. The molecule has 0 aromatic heterocycles. The fraction of sp³-hybridized carbons (Fsp3) is 0.881. The highest BCUT2D eigenvalue weighted by molar-refractivity contribution is 5.83. The fourth-order valence-corrected chi connectivity index (χ4v) is 3.37. The Morgan fingerprint density at radius 2 is 0.667 bits per heavy atom. The number of aliphatic carboxylic acids is 2. The van der Waals surface area contributed by atoms with Crippen LogP contribution in [0.3, 0.4) is 0 Å². The number of nitrogens with one attached hydrogen (secondary N) is 1. The zero-order valence-electron chi connectivity index (χ0n) is 38.2. The molecule has 0 spiro atoms. The van der Waals surface area contributed by atoms with Gasteiger partial charge in [-0.1, -0.05) is 202 Å². The zero-order chi connectivity index (χ0) is 43.7. The van der Waals surface area contributed by atoms with Gasteiger partial charge in [-0.3, -0.25) is 9.59 Å². The number of carboxylic acid groups (broad SMARTS) is 2. The van der Waals surface area contributed by atoms with E-state index in [1.807, 2.05) is 138 Å². The molecule has 0 radical (unpaired) electrons. The molecule has 0 unspecified atom stereocenters. The van der Waals surface area contributed by atoms with Crippen LogP contribution in [-0.2, 0) is 24.0 Å². The third-order valence-electron chi connectivity index (χ3n) is 5.13. The van der Waals surface area contributed by atoms with Crippen LogP contribution in [0, 0.1) is 0 Å². The quantitative estimate of drug-likeness (QED) is 0.0843. The summed E-state index contributed by atoms with van der Waals surface area (Å²) in [6.45, 7) is 40.2. The van der Waals surface area contributed by atoms with Gasteiger partial charge in [0, 0.05) is 12.8 Å². The molecule has 0 aliphatic carbocycles. The minimum absolute atomic E-state index is 0.201. The van der Waals surface area contributed by atoms with Crippen LogP contribution in [0.2, 0.25) is 0 Å². The Bertz CT molecular complexity index is 480. The molecule has 0 fully saturated rings. The third-order valence-corrected chi connectivity index (χ3v) is 5.13. The van der Waals surface area contributed by atoms with Gasteiger partial charge in [0.2, 0.25) is 5.91 Å². The monoisotopic (exact) mass is 745 g/mol. The van der Waals surface area contributed by atoms with Crippen molar-refractivity contribution in [1.82, 2.24) is 5.32 Å². The van der Waals surface area contributed by atoms with Gasteiger partial charge < -0.3 is 30.9 Å². The van der Waals surface area contributed by atoms with Crippen LogP contribution in [0.4, 0.5) is 0 Å².